The molecule has 0 spiro atoms. The van der Waals surface area contributed by atoms with E-state index < -0.39 is 0 Å². The molecular formula is C17H18N4O. The minimum atomic E-state index is -0.321. The van der Waals surface area contributed by atoms with Crippen molar-refractivity contribution in [2.24, 2.45) is 0 Å². The molecule has 0 saturated heterocycles. The fraction of sp³-hybridized carbons (Fsp3) is 0.294. The topological polar surface area (TPSA) is 63.0 Å². The number of nitrogens with one attached hydrogen (secondary N) is 1. The van der Waals surface area contributed by atoms with Crippen molar-refractivity contribution < 1.29 is 5.11 Å². The van der Waals surface area contributed by atoms with E-state index in [1.807, 2.05) is 35.3 Å². The molecule has 112 valence electrons. The van der Waals surface area contributed by atoms with Gasteiger partial charge in [0.15, 0.2) is 0 Å². The van der Waals surface area contributed by atoms with E-state index in [4.69, 9.17) is 0 Å². The van der Waals surface area contributed by atoms with Crippen LogP contribution in [0, 0.1) is 0 Å². The number of aliphatic hydroxyl groups is 1. The molecular weight excluding hydrogens is 276 g/mol. The van der Waals surface area contributed by atoms with Crippen molar-refractivity contribution in [1.82, 2.24) is 20.1 Å². The van der Waals surface area contributed by atoms with E-state index in [1.54, 1.807) is 6.20 Å². The van der Waals surface area contributed by atoms with Crippen LogP contribution >= 0.6 is 0 Å². The van der Waals surface area contributed by atoms with E-state index in [0.29, 0.717) is 0 Å². The Hall–Kier alpha value is -2.24. The minimum Gasteiger partial charge on any atom is -0.391 e. The van der Waals surface area contributed by atoms with Gasteiger partial charge < -0.3 is 10.4 Å². The van der Waals surface area contributed by atoms with Crippen LogP contribution < -0.4 is 5.32 Å². The molecule has 0 amide bonds. The zero-order valence-electron chi connectivity index (χ0n) is 12.1. The van der Waals surface area contributed by atoms with Crippen LogP contribution in [0.3, 0.4) is 0 Å². The fourth-order valence-electron chi connectivity index (χ4n) is 3.12. The van der Waals surface area contributed by atoms with Crippen molar-refractivity contribution in [1.29, 1.82) is 0 Å². The molecule has 3 aromatic rings. The Kier molecular flexibility index (Phi) is 3.36. The average molecular weight is 294 g/mol. The highest BCUT2D eigenvalue weighted by Crippen LogP contribution is 2.32. The number of hydrogen-bond acceptors (Lipinski definition) is 4. The Morgan fingerprint density at radius 2 is 2.18 bits per heavy atom. The van der Waals surface area contributed by atoms with Crippen molar-refractivity contribution in [3.63, 3.8) is 0 Å². The van der Waals surface area contributed by atoms with Gasteiger partial charge in [0.2, 0.25) is 0 Å². The molecule has 3 atom stereocenters. The largest absolute Gasteiger partial charge is 0.391 e. The summed E-state index contributed by atoms with van der Waals surface area (Å²) in [6.45, 7) is 0.778. The second-order valence-electron chi connectivity index (χ2n) is 5.80. The van der Waals surface area contributed by atoms with Gasteiger partial charge in [-0.1, -0.05) is 12.1 Å². The second-order valence-corrected chi connectivity index (χ2v) is 5.80. The van der Waals surface area contributed by atoms with Gasteiger partial charge in [-0.2, -0.15) is 5.10 Å². The first-order valence-electron chi connectivity index (χ1n) is 7.55. The Labute approximate surface area is 128 Å². The number of benzene rings is 1. The van der Waals surface area contributed by atoms with Crippen LogP contribution in [-0.2, 0) is 6.54 Å². The number of aromatic nitrogens is 3. The van der Waals surface area contributed by atoms with Crippen LogP contribution in [0.25, 0.3) is 10.9 Å². The van der Waals surface area contributed by atoms with Crippen LogP contribution in [0.5, 0.6) is 0 Å². The van der Waals surface area contributed by atoms with Crippen molar-refractivity contribution in [2.45, 2.75) is 31.2 Å². The number of fused-ring (bicyclic) bond motifs is 1. The predicted molar refractivity (Wildman–Crippen MR) is 84.3 cm³/mol. The molecule has 0 radical (unpaired) electrons. The van der Waals surface area contributed by atoms with Crippen LogP contribution in [-0.4, -0.2) is 32.0 Å². The minimum absolute atomic E-state index is 0.0251. The molecule has 5 heteroatoms. The SMILES string of the molecule is O[C@@H]1C[C@H](NCc2ccc3ncccc3c2)[C@H]1n1cccn1. The summed E-state index contributed by atoms with van der Waals surface area (Å²) in [4.78, 5) is 4.34. The lowest BCUT2D eigenvalue weighted by Crippen LogP contribution is -2.54. The Morgan fingerprint density at radius 3 is 3.00 bits per heavy atom. The summed E-state index contributed by atoms with van der Waals surface area (Å²) in [6.07, 6.45) is 5.91. The molecule has 1 aliphatic rings. The Bertz CT molecular complexity index is 771. The third-order valence-corrected chi connectivity index (χ3v) is 4.37. The molecule has 0 unspecified atom stereocenters. The van der Waals surface area contributed by atoms with E-state index in [0.717, 1.165) is 23.9 Å². The Balaban J connectivity index is 1.45. The van der Waals surface area contributed by atoms with E-state index in [2.05, 4.69) is 33.6 Å². The lowest BCUT2D eigenvalue weighted by Gasteiger charge is -2.42. The maximum absolute atomic E-state index is 9.98. The molecule has 1 aromatic carbocycles. The monoisotopic (exact) mass is 294 g/mol. The Morgan fingerprint density at radius 1 is 1.23 bits per heavy atom. The van der Waals surface area contributed by atoms with Gasteiger partial charge in [0.25, 0.3) is 0 Å². The molecule has 1 aliphatic carbocycles. The summed E-state index contributed by atoms with van der Waals surface area (Å²) >= 11 is 0. The number of pyridine rings is 1. The lowest BCUT2D eigenvalue weighted by molar-refractivity contribution is -0.00821. The first-order valence-corrected chi connectivity index (χ1v) is 7.55. The smallest absolute Gasteiger partial charge is 0.0932 e. The van der Waals surface area contributed by atoms with Crippen molar-refractivity contribution >= 4 is 10.9 Å². The molecule has 2 aromatic heterocycles. The second kappa shape index (κ2) is 5.51. The molecule has 0 bridgehead atoms. The van der Waals surface area contributed by atoms with Crippen molar-refractivity contribution in [2.75, 3.05) is 0 Å². The first kappa shape index (κ1) is 13.4. The van der Waals surface area contributed by atoms with Gasteiger partial charge in [0, 0.05) is 36.6 Å². The third-order valence-electron chi connectivity index (χ3n) is 4.37. The summed E-state index contributed by atoms with van der Waals surface area (Å²) in [5.41, 5.74) is 2.24. The molecule has 1 fully saturated rings. The van der Waals surface area contributed by atoms with Gasteiger partial charge in [-0.05, 0) is 36.2 Å². The van der Waals surface area contributed by atoms with Gasteiger partial charge in [-0.3, -0.25) is 9.67 Å². The van der Waals surface area contributed by atoms with Gasteiger partial charge in [0.05, 0.1) is 17.7 Å². The van der Waals surface area contributed by atoms with Crippen LogP contribution in [0.4, 0.5) is 0 Å². The molecule has 2 N–H and O–H groups in total. The highest BCUT2D eigenvalue weighted by atomic mass is 16.3. The number of aliphatic hydroxyl groups excluding tert-OH is 1. The maximum atomic E-state index is 9.98. The van der Waals surface area contributed by atoms with Crippen molar-refractivity contribution in [3.8, 4) is 0 Å². The standard InChI is InChI=1S/C17H18N4O/c22-16-10-15(17(16)21-8-2-7-20-21)19-11-12-4-5-14-13(9-12)3-1-6-18-14/h1-9,15-17,19,22H,10-11H2/t15-,16+,17+/m0/s1. The molecule has 5 nitrogen and oxygen atoms in total. The van der Waals surface area contributed by atoms with Crippen molar-refractivity contribution in [3.05, 3.63) is 60.6 Å². The van der Waals surface area contributed by atoms with Gasteiger partial charge in [-0.15, -0.1) is 0 Å². The number of nitrogens with zero attached hydrogens (tertiary/aromatic N) is 3. The predicted octanol–water partition coefficient (Wildman–Crippen LogP) is 1.90. The quantitative estimate of drug-likeness (QED) is 0.771. The molecule has 0 aliphatic heterocycles. The van der Waals surface area contributed by atoms with E-state index in [1.165, 1.54) is 5.56 Å². The van der Waals surface area contributed by atoms with E-state index >= 15 is 0 Å². The highest BCUT2D eigenvalue weighted by molar-refractivity contribution is 5.78. The zero-order valence-corrected chi connectivity index (χ0v) is 12.1. The summed E-state index contributed by atoms with van der Waals surface area (Å²) in [6, 6.07) is 12.5. The number of rotatable bonds is 4. The average Bonchev–Trinajstić information content (AvgIpc) is 3.04. The van der Waals surface area contributed by atoms with Crippen LogP contribution in [0.2, 0.25) is 0 Å². The van der Waals surface area contributed by atoms with E-state index in [-0.39, 0.29) is 18.2 Å². The van der Waals surface area contributed by atoms with Crippen LogP contribution in [0.15, 0.2) is 55.0 Å². The summed E-state index contributed by atoms with van der Waals surface area (Å²) < 4.78 is 1.84. The van der Waals surface area contributed by atoms with Gasteiger partial charge >= 0.3 is 0 Å². The summed E-state index contributed by atoms with van der Waals surface area (Å²) in [5, 5.41) is 18.9. The summed E-state index contributed by atoms with van der Waals surface area (Å²) in [7, 11) is 0. The van der Waals surface area contributed by atoms with E-state index in [9.17, 15) is 5.11 Å². The highest BCUT2D eigenvalue weighted by Gasteiger charge is 2.41. The van der Waals surface area contributed by atoms with Crippen LogP contribution in [0.1, 0.15) is 18.0 Å². The summed E-state index contributed by atoms with van der Waals surface area (Å²) in [5.74, 6) is 0. The van der Waals surface area contributed by atoms with Gasteiger partial charge in [0.1, 0.15) is 0 Å². The number of hydrogen-bond donors (Lipinski definition) is 2. The fourth-order valence-corrected chi connectivity index (χ4v) is 3.12. The lowest BCUT2D eigenvalue weighted by atomic mass is 9.83. The molecule has 22 heavy (non-hydrogen) atoms. The molecule has 2 heterocycles. The normalized spacial score (nSPS) is 24.3. The maximum Gasteiger partial charge on any atom is 0.0932 e. The molecule has 4 rings (SSSR count). The zero-order chi connectivity index (χ0) is 14.9. The van der Waals surface area contributed by atoms with Gasteiger partial charge in [-0.25, -0.2) is 0 Å². The third kappa shape index (κ3) is 2.38. The molecule has 1 saturated carbocycles. The first-order chi connectivity index (χ1) is 10.8.